The zero-order valence-corrected chi connectivity index (χ0v) is 12.9. The molecule has 2 aromatic carbocycles. The van der Waals surface area contributed by atoms with Crippen LogP contribution in [0.5, 0.6) is 5.75 Å². The monoisotopic (exact) mass is 294 g/mol. The highest BCUT2D eigenvalue weighted by molar-refractivity contribution is 6.12. The fourth-order valence-electron chi connectivity index (χ4n) is 2.67. The number of rotatable bonds is 3. The summed E-state index contributed by atoms with van der Waals surface area (Å²) in [7, 11) is 1.62. The summed E-state index contributed by atoms with van der Waals surface area (Å²) in [5.41, 5.74) is 4.56. The van der Waals surface area contributed by atoms with Crippen LogP contribution < -0.4 is 10.1 Å². The SMILES string of the molecule is COc1ccc2c(C(=O)Nc3cc(C)cc(C)c3)c[nH]c2c1. The maximum absolute atomic E-state index is 12.5. The summed E-state index contributed by atoms with van der Waals surface area (Å²) in [6.45, 7) is 4.03. The van der Waals surface area contributed by atoms with Crippen LogP contribution >= 0.6 is 0 Å². The summed E-state index contributed by atoms with van der Waals surface area (Å²) in [5, 5.41) is 3.83. The van der Waals surface area contributed by atoms with Crippen molar-refractivity contribution in [2.45, 2.75) is 13.8 Å². The molecule has 0 bridgehead atoms. The molecule has 0 atom stereocenters. The van der Waals surface area contributed by atoms with Crippen molar-refractivity contribution in [3.63, 3.8) is 0 Å². The molecule has 3 aromatic rings. The van der Waals surface area contributed by atoms with Crippen LogP contribution in [0.1, 0.15) is 21.5 Å². The molecule has 22 heavy (non-hydrogen) atoms. The normalized spacial score (nSPS) is 10.7. The number of hydrogen-bond acceptors (Lipinski definition) is 2. The second kappa shape index (κ2) is 5.56. The first kappa shape index (κ1) is 14.2. The van der Waals surface area contributed by atoms with E-state index in [0.717, 1.165) is 33.5 Å². The quantitative estimate of drug-likeness (QED) is 0.765. The van der Waals surface area contributed by atoms with Crippen molar-refractivity contribution in [1.82, 2.24) is 4.98 Å². The third kappa shape index (κ3) is 2.68. The maximum Gasteiger partial charge on any atom is 0.257 e. The smallest absolute Gasteiger partial charge is 0.257 e. The fourth-order valence-corrected chi connectivity index (χ4v) is 2.67. The summed E-state index contributed by atoms with van der Waals surface area (Å²) >= 11 is 0. The van der Waals surface area contributed by atoms with Gasteiger partial charge in [0.05, 0.1) is 12.7 Å². The summed E-state index contributed by atoms with van der Waals surface area (Å²) < 4.78 is 5.19. The Kier molecular flexibility index (Phi) is 3.59. The molecule has 0 spiro atoms. The Morgan fingerprint density at radius 2 is 1.82 bits per heavy atom. The molecule has 4 heteroatoms. The van der Waals surface area contributed by atoms with Gasteiger partial charge in [0, 0.05) is 28.9 Å². The van der Waals surface area contributed by atoms with E-state index in [4.69, 9.17) is 4.74 Å². The predicted octanol–water partition coefficient (Wildman–Crippen LogP) is 4.05. The number of H-pyrrole nitrogens is 1. The molecule has 0 radical (unpaired) electrons. The number of carbonyl (C=O) groups is 1. The maximum atomic E-state index is 12.5. The van der Waals surface area contributed by atoms with Crippen LogP contribution in [0, 0.1) is 13.8 Å². The molecular formula is C18H18N2O2. The van der Waals surface area contributed by atoms with Crippen LogP contribution in [0.2, 0.25) is 0 Å². The first-order valence-corrected chi connectivity index (χ1v) is 7.11. The third-order valence-corrected chi connectivity index (χ3v) is 3.61. The van der Waals surface area contributed by atoms with Gasteiger partial charge in [0.25, 0.3) is 5.91 Å². The van der Waals surface area contributed by atoms with Crippen LogP contribution in [0.3, 0.4) is 0 Å². The van der Waals surface area contributed by atoms with Gasteiger partial charge in [-0.2, -0.15) is 0 Å². The van der Waals surface area contributed by atoms with E-state index in [9.17, 15) is 4.79 Å². The van der Waals surface area contributed by atoms with E-state index in [1.54, 1.807) is 13.3 Å². The Morgan fingerprint density at radius 3 is 2.50 bits per heavy atom. The van der Waals surface area contributed by atoms with Crippen LogP contribution in [-0.2, 0) is 0 Å². The molecule has 3 rings (SSSR count). The lowest BCUT2D eigenvalue weighted by Crippen LogP contribution is -2.11. The topological polar surface area (TPSA) is 54.1 Å². The molecule has 1 aromatic heterocycles. The molecule has 1 heterocycles. The van der Waals surface area contributed by atoms with Gasteiger partial charge >= 0.3 is 0 Å². The van der Waals surface area contributed by atoms with Crippen molar-refractivity contribution in [3.8, 4) is 5.75 Å². The number of aromatic amines is 1. The molecule has 0 saturated heterocycles. The molecular weight excluding hydrogens is 276 g/mol. The first-order chi connectivity index (χ1) is 10.6. The highest BCUT2D eigenvalue weighted by Crippen LogP contribution is 2.24. The number of amides is 1. The fraction of sp³-hybridized carbons (Fsp3) is 0.167. The minimum atomic E-state index is -0.124. The number of methoxy groups -OCH3 is 1. The molecule has 0 unspecified atom stereocenters. The summed E-state index contributed by atoms with van der Waals surface area (Å²) in [6, 6.07) is 11.6. The third-order valence-electron chi connectivity index (χ3n) is 3.61. The number of aryl methyl sites for hydroxylation is 2. The van der Waals surface area contributed by atoms with Crippen molar-refractivity contribution in [3.05, 3.63) is 59.3 Å². The largest absolute Gasteiger partial charge is 0.497 e. The van der Waals surface area contributed by atoms with Gasteiger partial charge in [-0.05, 0) is 49.2 Å². The Bertz CT molecular complexity index is 829. The Morgan fingerprint density at radius 1 is 1.09 bits per heavy atom. The van der Waals surface area contributed by atoms with Crippen molar-refractivity contribution in [2.75, 3.05) is 12.4 Å². The van der Waals surface area contributed by atoms with Gasteiger partial charge in [0.2, 0.25) is 0 Å². The second-order valence-corrected chi connectivity index (χ2v) is 5.44. The minimum absolute atomic E-state index is 0.124. The number of hydrogen-bond donors (Lipinski definition) is 2. The van der Waals surface area contributed by atoms with E-state index in [2.05, 4.69) is 16.4 Å². The predicted molar refractivity (Wildman–Crippen MR) is 88.7 cm³/mol. The number of anilines is 1. The zero-order chi connectivity index (χ0) is 15.7. The molecule has 2 N–H and O–H groups in total. The van der Waals surface area contributed by atoms with Gasteiger partial charge in [-0.1, -0.05) is 6.07 Å². The van der Waals surface area contributed by atoms with E-state index >= 15 is 0 Å². The summed E-state index contributed by atoms with van der Waals surface area (Å²) in [6.07, 6.45) is 1.72. The molecule has 1 amide bonds. The summed E-state index contributed by atoms with van der Waals surface area (Å²) in [4.78, 5) is 15.6. The van der Waals surface area contributed by atoms with Gasteiger partial charge in [-0.3, -0.25) is 4.79 Å². The molecule has 4 nitrogen and oxygen atoms in total. The van der Waals surface area contributed by atoms with E-state index in [-0.39, 0.29) is 5.91 Å². The molecule has 0 aliphatic carbocycles. The Balaban J connectivity index is 1.92. The molecule has 0 fully saturated rings. The Hall–Kier alpha value is -2.75. The molecule has 0 saturated carbocycles. The highest BCUT2D eigenvalue weighted by Gasteiger charge is 2.13. The molecule has 0 aliphatic rings. The lowest BCUT2D eigenvalue weighted by Gasteiger charge is -2.07. The minimum Gasteiger partial charge on any atom is -0.497 e. The second-order valence-electron chi connectivity index (χ2n) is 5.44. The average molecular weight is 294 g/mol. The van der Waals surface area contributed by atoms with Gasteiger partial charge in [-0.25, -0.2) is 0 Å². The lowest BCUT2D eigenvalue weighted by atomic mass is 10.1. The number of nitrogens with one attached hydrogen (secondary N) is 2. The number of benzene rings is 2. The molecule has 0 aliphatic heterocycles. The van der Waals surface area contributed by atoms with Gasteiger partial charge < -0.3 is 15.0 Å². The standard InChI is InChI=1S/C18H18N2O2/c1-11-6-12(2)8-13(7-11)20-18(21)16-10-19-17-9-14(22-3)4-5-15(16)17/h4-10,19H,1-3H3,(H,20,21). The van der Waals surface area contributed by atoms with Crippen molar-refractivity contribution >= 4 is 22.5 Å². The Labute approximate surface area is 129 Å². The van der Waals surface area contributed by atoms with E-state index < -0.39 is 0 Å². The number of ether oxygens (including phenoxy) is 1. The van der Waals surface area contributed by atoms with Crippen molar-refractivity contribution in [2.24, 2.45) is 0 Å². The van der Waals surface area contributed by atoms with Gasteiger partial charge in [0.15, 0.2) is 0 Å². The molecule has 112 valence electrons. The average Bonchev–Trinajstić information content (AvgIpc) is 2.88. The van der Waals surface area contributed by atoms with Crippen LogP contribution in [0.15, 0.2) is 42.6 Å². The van der Waals surface area contributed by atoms with Gasteiger partial charge in [0.1, 0.15) is 5.75 Å². The summed E-state index contributed by atoms with van der Waals surface area (Å²) in [5.74, 6) is 0.636. The van der Waals surface area contributed by atoms with E-state index in [1.165, 1.54) is 0 Å². The van der Waals surface area contributed by atoms with E-state index in [0.29, 0.717) is 5.56 Å². The highest BCUT2D eigenvalue weighted by atomic mass is 16.5. The van der Waals surface area contributed by atoms with Crippen LogP contribution in [-0.4, -0.2) is 18.0 Å². The first-order valence-electron chi connectivity index (χ1n) is 7.11. The van der Waals surface area contributed by atoms with Crippen LogP contribution in [0.25, 0.3) is 10.9 Å². The number of fused-ring (bicyclic) bond motifs is 1. The number of aromatic nitrogens is 1. The lowest BCUT2D eigenvalue weighted by molar-refractivity contribution is 0.102. The van der Waals surface area contributed by atoms with E-state index in [1.807, 2.05) is 44.2 Å². The zero-order valence-electron chi connectivity index (χ0n) is 12.9. The van der Waals surface area contributed by atoms with Crippen molar-refractivity contribution in [1.29, 1.82) is 0 Å². The van der Waals surface area contributed by atoms with Gasteiger partial charge in [-0.15, -0.1) is 0 Å². The number of carbonyl (C=O) groups excluding carboxylic acids is 1. The van der Waals surface area contributed by atoms with Crippen molar-refractivity contribution < 1.29 is 9.53 Å². The van der Waals surface area contributed by atoms with Crippen LogP contribution in [0.4, 0.5) is 5.69 Å².